The number of hydrogen-bond acceptors (Lipinski definition) is 3. The minimum Gasteiger partial charge on any atom is -0.271 e. The van der Waals surface area contributed by atoms with E-state index in [4.69, 9.17) is 5.84 Å². The molecule has 0 radical (unpaired) electrons. The summed E-state index contributed by atoms with van der Waals surface area (Å²) in [7, 11) is 0. The lowest BCUT2D eigenvalue weighted by Crippen LogP contribution is -2.41. The van der Waals surface area contributed by atoms with Gasteiger partial charge in [-0.25, -0.2) is 0 Å². The fourth-order valence-electron chi connectivity index (χ4n) is 3.13. The fraction of sp³-hybridized carbons (Fsp3) is 0.667. The molecule has 4 heteroatoms. The molecule has 0 amide bonds. The van der Waals surface area contributed by atoms with Crippen molar-refractivity contribution in [1.82, 2.24) is 5.43 Å². The molecule has 16 heavy (non-hydrogen) atoms. The van der Waals surface area contributed by atoms with Crippen LogP contribution < -0.4 is 11.3 Å². The molecule has 0 aromatic carbocycles. The number of nitrogens with two attached hydrogens (primary N) is 1. The minimum absolute atomic E-state index is 0.471. The summed E-state index contributed by atoms with van der Waals surface area (Å²) in [6, 6.07) is 4.80. The molecule has 2 aliphatic rings. The van der Waals surface area contributed by atoms with Gasteiger partial charge in [0.2, 0.25) is 0 Å². The van der Waals surface area contributed by atoms with Crippen molar-refractivity contribution in [3.05, 3.63) is 20.8 Å². The van der Waals surface area contributed by atoms with E-state index in [1.807, 2.05) is 11.3 Å². The Hall–Kier alpha value is 0.1000. The van der Waals surface area contributed by atoms with Crippen molar-refractivity contribution in [2.75, 3.05) is 0 Å². The van der Waals surface area contributed by atoms with Crippen LogP contribution in [0.1, 0.15) is 24.1 Å². The Morgan fingerprint density at radius 1 is 1.38 bits per heavy atom. The molecule has 3 rings (SSSR count). The molecule has 88 valence electrons. The lowest BCUT2D eigenvalue weighted by molar-refractivity contribution is 0.337. The lowest BCUT2D eigenvalue weighted by atomic mass is 9.92. The average Bonchev–Trinajstić information content (AvgIpc) is 2.71. The molecule has 2 saturated carbocycles. The van der Waals surface area contributed by atoms with E-state index in [2.05, 4.69) is 33.5 Å². The smallest absolute Gasteiger partial charge is 0.0701 e. The van der Waals surface area contributed by atoms with Crippen molar-refractivity contribution >= 4 is 27.3 Å². The van der Waals surface area contributed by atoms with Crippen molar-refractivity contribution < 1.29 is 0 Å². The maximum Gasteiger partial charge on any atom is 0.0701 e. The van der Waals surface area contributed by atoms with E-state index in [0.717, 1.165) is 24.2 Å². The monoisotopic (exact) mass is 300 g/mol. The SMILES string of the molecule is NNC(Cc1ccc(Br)s1)C1CC2CC2C1. The zero-order valence-electron chi connectivity index (χ0n) is 9.16. The van der Waals surface area contributed by atoms with Gasteiger partial charge in [0.1, 0.15) is 0 Å². The molecule has 0 saturated heterocycles. The number of halogens is 1. The Kier molecular flexibility index (Phi) is 3.09. The third-order valence-corrected chi connectivity index (χ3v) is 5.76. The zero-order chi connectivity index (χ0) is 11.1. The van der Waals surface area contributed by atoms with E-state index < -0.39 is 0 Å². The van der Waals surface area contributed by atoms with Crippen molar-refractivity contribution in [3.63, 3.8) is 0 Å². The molecule has 2 fully saturated rings. The molecule has 2 aliphatic carbocycles. The highest BCUT2D eigenvalue weighted by Gasteiger charge is 2.47. The first kappa shape index (κ1) is 11.2. The number of thiophene rings is 1. The van der Waals surface area contributed by atoms with Gasteiger partial charge in [-0.05, 0) is 71.5 Å². The summed E-state index contributed by atoms with van der Waals surface area (Å²) in [4.78, 5) is 1.43. The highest BCUT2D eigenvalue weighted by Crippen LogP contribution is 2.55. The van der Waals surface area contributed by atoms with E-state index in [1.54, 1.807) is 0 Å². The third-order valence-electron chi connectivity index (χ3n) is 4.11. The topological polar surface area (TPSA) is 38.0 Å². The Balaban J connectivity index is 1.62. The Morgan fingerprint density at radius 3 is 2.69 bits per heavy atom. The van der Waals surface area contributed by atoms with Gasteiger partial charge < -0.3 is 0 Å². The maximum absolute atomic E-state index is 5.71. The molecule has 3 atom stereocenters. The second-order valence-electron chi connectivity index (χ2n) is 5.17. The van der Waals surface area contributed by atoms with Gasteiger partial charge in [0, 0.05) is 10.9 Å². The van der Waals surface area contributed by atoms with E-state index in [1.165, 1.54) is 27.9 Å². The van der Waals surface area contributed by atoms with Gasteiger partial charge in [0.15, 0.2) is 0 Å². The Morgan fingerprint density at radius 2 is 2.12 bits per heavy atom. The summed E-state index contributed by atoms with van der Waals surface area (Å²) in [5, 5.41) is 0. The Labute approximate surface area is 109 Å². The van der Waals surface area contributed by atoms with Gasteiger partial charge >= 0.3 is 0 Å². The molecule has 2 nitrogen and oxygen atoms in total. The molecular formula is C12H17BrN2S. The molecule has 0 spiro atoms. The summed E-state index contributed by atoms with van der Waals surface area (Å²) in [6.45, 7) is 0. The van der Waals surface area contributed by atoms with Gasteiger partial charge in [0.05, 0.1) is 3.79 Å². The number of hydrazine groups is 1. The van der Waals surface area contributed by atoms with Crippen molar-refractivity contribution in [1.29, 1.82) is 0 Å². The van der Waals surface area contributed by atoms with Crippen LogP contribution in [-0.2, 0) is 6.42 Å². The minimum atomic E-state index is 0.471. The first-order valence-corrected chi connectivity index (χ1v) is 7.57. The first-order chi connectivity index (χ1) is 7.76. The van der Waals surface area contributed by atoms with Gasteiger partial charge in [-0.3, -0.25) is 11.3 Å². The summed E-state index contributed by atoms with van der Waals surface area (Å²) in [5.74, 6) is 8.59. The normalized spacial score (nSPS) is 33.8. The number of hydrogen-bond donors (Lipinski definition) is 2. The molecule has 3 N–H and O–H groups in total. The fourth-order valence-corrected chi connectivity index (χ4v) is 4.67. The second kappa shape index (κ2) is 4.41. The van der Waals surface area contributed by atoms with Gasteiger partial charge in [0.25, 0.3) is 0 Å². The number of nitrogens with one attached hydrogen (secondary N) is 1. The van der Waals surface area contributed by atoms with Crippen LogP contribution in [0.3, 0.4) is 0 Å². The van der Waals surface area contributed by atoms with Crippen LogP contribution in [0.2, 0.25) is 0 Å². The van der Waals surface area contributed by atoms with Crippen LogP contribution in [0, 0.1) is 17.8 Å². The van der Waals surface area contributed by atoms with Gasteiger partial charge in [-0.15, -0.1) is 11.3 Å². The van der Waals surface area contributed by atoms with Crippen molar-refractivity contribution in [2.45, 2.75) is 31.7 Å². The predicted molar refractivity (Wildman–Crippen MR) is 71.2 cm³/mol. The van der Waals surface area contributed by atoms with Gasteiger partial charge in [-0.2, -0.15) is 0 Å². The van der Waals surface area contributed by atoms with Crippen LogP contribution in [0.15, 0.2) is 15.9 Å². The predicted octanol–water partition coefficient (Wildman–Crippen LogP) is 2.93. The molecule has 1 heterocycles. The molecular weight excluding hydrogens is 284 g/mol. The molecule has 1 aromatic heterocycles. The highest BCUT2D eigenvalue weighted by atomic mass is 79.9. The van der Waals surface area contributed by atoms with Crippen LogP contribution in [0.5, 0.6) is 0 Å². The largest absolute Gasteiger partial charge is 0.271 e. The summed E-state index contributed by atoms with van der Waals surface area (Å²) >= 11 is 5.33. The highest BCUT2D eigenvalue weighted by molar-refractivity contribution is 9.11. The Bertz CT molecular complexity index is 369. The van der Waals surface area contributed by atoms with E-state index in [-0.39, 0.29) is 0 Å². The molecule has 3 unspecified atom stereocenters. The van der Waals surface area contributed by atoms with Crippen LogP contribution in [0.25, 0.3) is 0 Å². The van der Waals surface area contributed by atoms with Crippen LogP contribution in [-0.4, -0.2) is 6.04 Å². The van der Waals surface area contributed by atoms with E-state index in [9.17, 15) is 0 Å². The standard InChI is InChI=1S/C12H17BrN2S/c13-12-2-1-10(16-12)6-11(15-14)9-4-7-3-8(7)5-9/h1-2,7-9,11,15H,3-6,14H2. The first-order valence-electron chi connectivity index (χ1n) is 5.96. The average molecular weight is 301 g/mol. The maximum atomic E-state index is 5.71. The molecule has 0 aliphatic heterocycles. The van der Waals surface area contributed by atoms with Gasteiger partial charge in [-0.1, -0.05) is 0 Å². The second-order valence-corrected chi connectivity index (χ2v) is 7.72. The number of fused-ring (bicyclic) bond motifs is 1. The zero-order valence-corrected chi connectivity index (χ0v) is 11.6. The summed E-state index contributed by atoms with van der Waals surface area (Å²) in [5.41, 5.74) is 3.03. The molecule has 1 aromatic rings. The number of rotatable bonds is 4. The van der Waals surface area contributed by atoms with Crippen LogP contribution in [0.4, 0.5) is 0 Å². The molecule has 0 bridgehead atoms. The van der Waals surface area contributed by atoms with Crippen molar-refractivity contribution in [2.24, 2.45) is 23.6 Å². The van der Waals surface area contributed by atoms with E-state index >= 15 is 0 Å². The van der Waals surface area contributed by atoms with Crippen LogP contribution >= 0.6 is 27.3 Å². The lowest BCUT2D eigenvalue weighted by Gasteiger charge is -2.23. The van der Waals surface area contributed by atoms with E-state index in [0.29, 0.717) is 6.04 Å². The third kappa shape index (κ3) is 2.21. The summed E-state index contributed by atoms with van der Waals surface area (Å²) in [6.07, 6.45) is 5.35. The van der Waals surface area contributed by atoms with Crippen molar-refractivity contribution in [3.8, 4) is 0 Å². The summed E-state index contributed by atoms with van der Waals surface area (Å²) < 4.78 is 1.22. The quantitative estimate of drug-likeness (QED) is 0.663.